The molecule has 0 radical (unpaired) electrons. The molecule has 7 nitrogen and oxygen atoms in total. The molecule has 1 heterocycles. The monoisotopic (exact) mass is 357 g/mol. The highest BCUT2D eigenvalue weighted by Gasteiger charge is 2.71. The zero-order valence-electron chi connectivity index (χ0n) is 12.7. The summed E-state index contributed by atoms with van der Waals surface area (Å²) < 4.78 is 32.0. The van der Waals surface area contributed by atoms with Gasteiger partial charge in [0.1, 0.15) is 4.75 Å². The molecule has 3 atom stereocenters. The minimum absolute atomic E-state index is 0.0166. The van der Waals surface area contributed by atoms with Crippen molar-refractivity contribution in [2.45, 2.75) is 23.6 Å². The maximum absolute atomic E-state index is 14.4. The van der Waals surface area contributed by atoms with E-state index in [2.05, 4.69) is 4.99 Å². The first-order chi connectivity index (χ1) is 11.2. The van der Waals surface area contributed by atoms with Crippen LogP contribution in [-0.4, -0.2) is 27.9 Å². The van der Waals surface area contributed by atoms with E-state index in [0.29, 0.717) is 12.5 Å². The molecule has 1 aliphatic carbocycles. The van der Waals surface area contributed by atoms with Crippen LogP contribution < -0.4 is 5.73 Å². The van der Waals surface area contributed by atoms with Crippen molar-refractivity contribution in [2.75, 3.05) is 7.11 Å². The Bertz CT molecular complexity index is 802. The molecule has 128 valence electrons. The minimum Gasteiger partial charge on any atom is -0.468 e. The predicted molar refractivity (Wildman–Crippen MR) is 82.4 cm³/mol. The van der Waals surface area contributed by atoms with Gasteiger partial charge in [0.15, 0.2) is 16.8 Å². The van der Waals surface area contributed by atoms with Crippen LogP contribution in [0.3, 0.4) is 0 Å². The van der Waals surface area contributed by atoms with E-state index in [4.69, 9.17) is 10.5 Å². The van der Waals surface area contributed by atoms with Gasteiger partial charge in [-0.25, -0.2) is 8.78 Å². The Morgan fingerprint density at radius 2 is 2.21 bits per heavy atom. The highest BCUT2D eigenvalue weighted by Crippen LogP contribution is 2.66. The molecular weight excluding hydrogens is 344 g/mol. The average Bonchev–Trinajstić information content (AvgIpc) is 3.25. The number of carbonyl (C=O) groups is 1. The third-order valence-corrected chi connectivity index (χ3v) is 5.80. The number of hydrogen-bond acceptors (Lipinski definition) is 7. The largest absolute Gasteiger partial charge is 0.468 e. The molecule has 2 N–H and O–H groups in total. The Morgan fingerprint density at radius 1 is 1.54 bits per heavy atom. The molecule has 1 fully saturated rings. The quantitative estimate of drug-likeness (QED) is 0.504. The number of nitro groups is 1. The predicted octanol–water partition coefficient (Wildman–Crippen LogP) is 2.08. The fraction of sp³-hybridized carbons (Fsp3) is 0.429. The molecular formula is C14H13F2N3O4S. The Hall–Kier alpha value is -2.23. The second-order valence-electron chi connectivity index (χ2n) is 5.88. The number of nitro benzene ring substituents is 1. The van der Waals surface area contributed by atoms with Gasteiger partial charge >= 0.3 is 5.97 Å². The van der Waals surface area contributed by atoms with E-state index in [0.717, 1.165) is 17.8 Å². The third-order valence-electron chi connectivity index (χ3n) is 4.52. The van der Waals surface area contributed by atoms with Crippen LogP contribution in [0.1, 0.15) is 18.9 Å². The summed E-state index contributed by atoms with van der Waals surface area (Å²) in [7, 11) is 1.22. The zero-order chi connectivity index (χ0) is 17.9. The minimum atomic E-state index is -1.40. The number of nitrogens with two attached hydrogens (primary N) is 1. The molecule has 1 aliphatic heterocycles. The summed E-state index contributed by atoms with van der Waals surface area (Å²) in [4.78, 5) is 26.4. The first kappa shape index (κ1) is 16.6. The van der Waals surface area contributed by atoms with E-state index in [-0.39, 0.29) is 10.7 Å². The molecule has 0 amide bonds. The second kappa shape index (κ2) is 5.13. The van der Waals surface area contributed by atoms with Crippen LogP contribution in [0.4, 0.5) is 14.5 Å². The number of carbonyl (C=O) groups excluding carboxylic acids is 1. The first-order valence-corrected chi connectivity index (χ1v) is 7.74. The number of methoxy groups -OCH3 is 1. The van der Waals surface area contributed by atoms with E-state index < -0.39 is 44.4 Å². The number of ether oxygens (including phenoxy) is 1. The molecule has 1 aromatic carbocycles. The summed E-state index contributed by atoms with van der Waals surface area (Å²) >= 11 is 1.02. The number of hydrogen-bond donors (Lipinski definition) is 1. The van der Waals surface area contributed by atoms with Crippen molar-refractivity contribution >= 4 is 28.6 Å². The van der Waals surface area contributed by atoms with Crippen molar-refractivity contribution in [3.8, 4) is 0 Å². The molecule has 1 unspecified atom stereocenters. The lowest BCUT2D eigenvalue weighted by Crippen LogP contribution is -2.40. The fourth-order valence-electron chi connectivity index (χ4n) is 3.26. The third kappa shape index (κ3) is 2.16. The standard InChI is InChI=1S/C14H13F2N3O4S/c1-13(7-3-6(19(21)22)4-8(15)10(7)16)9-5-14(9,11(20)23-2)24-12(17)18-13/h3-4,9H,5H2,1-2H3,(H2,17,18)/t9?,13-,14+/m1/s1. The van der Waals surface area contributed by atoms with Crippen LogP contribution in [0.5, 0.6) is 0 Å². The summed E-state index contributed by atoms with van der Waals surface area (Å²) in [5.41, 5.74) is 3.49. The van der Waals surface area contributed by atoms with Crippen molar-refractivity contribution in [2.24, 2.45) is 16.6 Å². The van der Waals surface area contributed by atoms with Crippen molar-refractivity contribution in [1.29, 1.82) is 0 Å². The summed E-state index contributed by atoms with van der Waals surface area (Å²) in [6, 6.07) is 1.44. The summed E-state index contributed by atoms with van der Waals surface area (Å²) in [6.45, 7) is 1.48. The van der Waals surface area contributed by atoms with Gasteiger partial charge in [-0.3, -0.25) is 19.9 Å². The fourth-order valence-corrected chi connectivity index (χ4v) is 4.66. The van der Waals surface area contributed by atoms with Gasteiger partial charge in [-0.15, -0.1) is 0 Å². The number of non-ortho nitro benzene ring substituents is 1. The van der Waals surface area contributed by atoms with Gasteiger partial charge in [0.05, 0.1) is 23.6 Å². The van der Waals surface area contributed by atoms with Crippen LogP contribution in [0.15, 0.2) is 17.1 Å². The lowest BCUT2D eigenvalue weighted by molar-refractivity contribution is -0.385. The van der Waals surface area contributed by atoms with Crippen LogP contribution >= 0.6 is 11.8 Å². The van der Waals surface area contributed by atoms with E-state index >= 15 is 0 Å². The van der Waals surface area contributed by atoms with E-state index in [9.17, 15) is 23.7 Å². The number of rotatable bonds is 3. The van der Waals surface area contributed by atoms with Gasteiger partial charge < -0.3 is 10.5 Å². The maximum Gasteiger partial charge on any atom is 0.322 e. The zero-order valence-corrected chi connectivity index (χ0v) is 13.5. The molecule has 0 spiro atoms. The number of esters is 1. The van der Waals surface area contributed by atoms with E-state index in [1.165, 1.54) is 14.0 Å². The lowest BCUT2D eigenvalue weighted by atomic mass is 9.85. The van der Waals surface area contributed by atoms with Crippen LogP contribution in [0.25, 0.3) is 0 Å². The molecule has 3 rings (SSSR count). The summed E-state index contributed by atoms with van der Waals surface area (Å²) in [5.74, 6) is -3.63. The Kier molecular flexibility index (Phi) is 3.55. The van der Waals surface area contributed by atoms with Crippen molar-refractivity contribution in [1.82, 2.24) is 0 Å². The molecule has 1 aromatic rings. The smallest absolute Gasteiger partial charge is 0.322 e. The van der Waals surface area contributed by atoms with Crippen LogP contribution in [-0.2, 0) is 15.1 Å². The number of halogens is 2. The highest BCUT2D eigenvalue weighted by molar-refractivity contribution is 8.15. The normalized spacial score (nSPS) is 31.0. The Labute approximate surface area is 139 Å². The number of benzene rings is 1. The number of amidine groups is 1. The van der Waals surface area contributed by atoms with Gasteiger partial charge in [-0.05, 0) is 13.3 Å². The first-order valence-electron chi connectivity index (χ1n) is 6.92. The molecule has 2 aliphatic rings. The van der Waals surface area contributed by atoms with Crippen LogP contribution in [0.2, 0.25) is 0 Å². The topological polar surface area (TPSA) is 108 Å². The highest BCUT2D eigenvalue weighted by atomic mass is 32.2. The van der Waals surface area contributed by atoms with Gasteiger partial charge in [0.2, 0.25) is 0 Å². The second-order valence-corrected chi connectivity index (χ2v) is 7.23. The van der Waals surface area contributed by atoms with Crippen molar-refractivity contribution < 1.29 is 23.2 Å². The maximum atomic E-state index is 14.4. The van der Waals surface area contributed by atoms with Crippen LogP contribution in [0, 0.1) is 27.7 Å². The Balaban J connectivity index is 2.17. The van der Waals surface area contributed by atoms with Gasteiger partial charge in [0.25, 0.3) is 5.69 Å². The van der Waals surface area contributed by atoms with E-state index in [1.807, 2.05) is 0 Å². The van der Waals surface area contributed by atoms with Crippen molar-refractivity contribution in [3.63, 3.8) is 0 Å². The molecule has 0 aromatic heterocycles. The van der Waals surface area contributed by atoms with Crippen molar-refractivity contribution in [3.05, 3.63) is 39.4 Å². The molecule has 24 heavy (non-hydrogen) atoms. The van der Waals surface area contributed by atoms with Gasteiger partial charge in [-0.1, -0.05) is 11.8 Å². The molecule has 10 heteroatoms. The molecule has 0 saturated heterocycles. The number of fused-ring (bicyclic) bond motifs is 1. The number of thioether (sulfide) groups is 1. The average molecular weight is 357 g/mol. The number of nitrogens with zero attached hydrogens (tertiary/aromatic N) is 2. The van der Waals surface area contributed by atoms with Gasteiger partial charge in [0, 0.05) is 17.5 Å². The van der Waals surface area contributed by atoms with Gasteiger partial charge in [-0.2, -0.15) is 0 Å². The summed E-state index contributed by atoms with van der Waals surface area (Å²) in [5, 5.41) is 11.0. The Morgan fingerprint density at radius 3 is 2.79 bits per heavy atom. The molecule has 1 saturated carbocycles. The SMILES string of the molecule is COC(=O)[C@]12CC1[C@@](C)(c1cc([N+](=O)[O-])cc(F)c1F)N=C(N)S2. The molecule has 0 bridgehead atoms. The lowest BCUT2D eigenvalue weighted by Gasteiger charge is -2.33. The van der Waals surface area contributed by atoms with E-state index in [1.54, 1.807) is 0 Å². The number of aliphatic imine (C=N–C) groups is 1. The summed E-state index contributed by atoms with van der Waals surface area (Å²) in [6.07, 6.45) is 0.300.